The van der Waals surface area contributed by atoms with E-state index >= 15 is 0 Å². The minimum Gasteiger partial charge on any atom is -0.310 e. The van der Waals surface area contributed by atoms with Crippen LogP contribution in [0.15, 0.2) is 5.10 Å². The Morgan fingerprint density at radius 2 is 1.50 bits per heavy atom. The van der Waals surface area contributed by atoms with Gasteiger partial charge in [-0.2, -0.15) is 5.10 Å². The quantitative estimate of drug-likeness (QED) is 0.599. The van der Waals surface area contributed by atoms with Crippen LogP contribution in [-0.2, 0) is 0 Å². The molecule has 2 nitrogen and oxygen atoms in total. The lowest BCUT2D eigenvalue weighted by Gasteiger charge is -1.88. The summed E-state index contributed by atoms with van der Waals surface area (Å²) in [6.07, 6.45) is 1.92. The number of hydrogen-bond donors (Lipinski definition) is 1. The van der Waals surface area contributed by atoms with Crippen molar-refractivity contribution in [3.05, 3.63) is 0 Å². The van der Waals surface area contributed by atoms with Crippen LogP contribution in [0.5, 0.6) is 0 Å². The molecule has 1 rings (SSSR count). The molecule has 0 amide bonds. The predicted octanol–water partition coefficient (Wildman–Crippen LogP) is 3.29. The zero-order valence-corrected chi connectivity index (χ0v) is 9.81. The maximum absolute atomic E-state index is 3.79. The number of rotatable bonds is 0. The first-order valence-corrected chi connectivity index (χ1v) is 5.15. The maximum atomic E-state index is 3.79. The Kier molecular flexibility index (Phi) is 32.8. The third kappa shape index (κ3) is 16.2. The van der Waals surface area contributed by atoms with Crippen molar-refractivity contribution in [1.82, 2.24) is 5.43 Å². The summed E-state index contributed by atoms with van der Waals surface area (Å²) in [6, 6.07) is 0. The van der Waals surface area contributed by atoms with Crippen molar-refractivity contribution in [3.63, 3.8) is 0 Å². The SMILES string of the molecule is CC.CC.CC.CC1C=NNC1. The number of hydrazone groups is 1. The number of nitrogens with one attached hydrogen (secondary N) is 1. The first-order valence-electron chi connectivity index (χ1n) is 5.15. The summed E-state index contributed by atoms with van der Waals surface area (Å²) in [5.74, 6) is 0.644. The van der Waals surface area contributed by atoms with Crippen LogP contribution in [0.2, 0.25) is 0 Å². The lowest BCUT2D eigenvalue weighted by atomic mass is 10.2. The molecule has 1 N–H and O–H groups in total. The molecule has 1 atom stereocenters. The van der Waals surface area contributed by atoms with Gasteiger partial charge in [-0.15, -0.1) is 0 Å². The van der Waals surface area contributed by atoms with Gasteiger partial charge in [-0.25, -0.2) is 0 Å². The van der Waals surface area contributed by atoms with Crippen LogP contribution < -0.4 is 5.43 Å². The monoisotopic (exact) mass is 174 g/mol. The van der Waals surface area contributed by atoms with E-state index in [0.717, 1.165) is 6.54 Å². The lowest BCUT2D eigenvalue weighted by Crippen LogP contribution is -2.05. The Morgan fingerprint density at radius 1 is 1.08 bits per heavy atom. The van der Waals surface area contributed by atoms with Crippen LogP contribution in [0.25, 0.3) is 0 Å². The molecule has 0 aromatic rings. The van der Waals surface area contributed by atoms with Gasteiger partial charge in [-0.05, 0) is 0 Å². The molecule has 1 aliphatic rings. The van der Waals surface area contributed by atoms with Gasteiger partial charge in [0.2, 0.25) is 0 Å². The van der Waals surface area contributed by atoms with E-state index in [-0.39, 0.29) is 0 Å². The summed E-state index contributed by atoms with van der Waals surface area (Å²) in [7, 11) is 0. The molecule has 0 saturated carbocycles. The van der Waals surface area contributed by atoms with Crippen LogP contribution in [0.1, 0.15) is 48.5 Å². The van der Waals surface area contributed by atoms with Crippen molar-refractivity contribution in [2.45, 2.75) is 48.5 Å². The highest BCUT2D eigenvalue weighted by Gasteiger charge is 1.99. The predicted molar refractivity (Wildman–Crippen MR) is 59.7 cm³/mol. The summed E-state index contributed by atoms with van der Waals surface area (Å²) in [5, 5.41) is 3.79. The van der Waals surface area contributed by atoms with Crippen molar-refractivity contribution in [2.75, 3.05) is 6.54 Å². The number of nitrogens with zero attached hydrogens (tertiary/aromatic N) is 1. The standard InChI is InChI=1S/C4H8N2.3C2H6/c1-4-2-5-6-3-4;3*1-2/h2,4,6H,3H2,1H3;3*1-2H3. The van der Waals surface area contributed by atoms with Gasteiger partial charge < -0.3 is 5.43 Å². The fourth-order valence-electron chi connectivity index (χ4n) is 0.429. The van der Waals surface area contributed by atoms with E-state index in [2.05, 4.69) is 17.5 Å². The zero-order valence-electron chi connectivity index (χ0n) is 9.81. The van der Waals surface area contributed by atoms with Gasteiger partial charge in [0.05, 0.1) is 0 Å². The summed E-state index contributed by atoms with van der Waals surface area (Å²) in [5.41, 5.74) is 2.84. The summed E-state index contributed by atoms with van der Waals surface area (Å²) in [4.78, 5) is 0. The third-order valence-electron chi connectivity index (χ3n) is 0.834. The van der Waals surface area contributed by atoms with Gasteiger partial charge in [-0.3, -0.25) is 0 Å². The first-order chi connectivity index (χ1) is 5.89. The van der Waals surface area contributed by atoms with E-state index in [1.807, 2.05) is 47.8 Å². The fraction of sp³-hybridized carbons (Fsp3) is 0.900. The van der Waals surface area contributed by atoms with E-state index in [1.54, 1.807) is 0 Å². The van der Waals surface area contributed by atoms with Crippen LogP contribution in [0, 0.1) is 5.92 Å². The molecule has 12 heavy (non-hydrogen) atoms. The summed E-state index contributed by atoms with van der Waals surface area (Å²) >= 11 is 0. The smallest absolute Gasteiger partial charge is 0.0405 e. The molecule has 0 radical (unpaired) electrons. The minimum atomic E-state index is 0.644. The second-order valence-corrected chi connectivity index (χ2v) is 1.62. The zero-order chi connectivity index (χ0) is 10.4. The van der Waals surface area contributed by atoms with Crippen molar-refractivity contribution in [1.29, 1.82) is 0 Å². The van der Waals surface area contributed by atoms with Crippen molar-refractivity contribution >= 4 is 6.21 Å². The van der Waals surface area contributed by atoms with Crippen LogP contribution in [0.4, 0.5) is 0 Å². The molecular weight excluding hydrogens is 148 g/mol. The lowest BCUT2D eigenvalue weighted by molar-refractivity contribution is 0.710. The Labute approximate surface area is 78.5 Å². The largest absolute Gasteiger partial charge is 0.310 e. The molecule has 0 aromatic heterocycles. The van der Waals surface area contributed by atoms with Gasteiger partial charge in [-0.1, -0.05) is 48.5 Å². The molecule has 0 saturated heterocycles. The summed E-state index contributed by atoms with van der Waals surface area (Å²) in [6.45, 7) is 15.1. The molecular formula is C10H26N2. The van der Waals surface area contributed by atoms with E-state index < -0.39 is 0 Å². The highest BCUT2D eigenvalue weighted by atomic mass is 15.3. The van der Waals surface area contributed by atoms with Crippen LogP contribution in [-0.4, -0.2) is 12.8 Å². The topological polar surface area (TPSA) is 24.4 Å². The van der Waals surface area contributed by atoms with Gasteiger partial charge in [0, 0.05) is 18.7 Å². The van der Waals surface area contributed by atoms with Crippen molar-refractivity contribution < 1.29 is 0 Å². The normalized spacial score (nSPS) is 16.8. The van der Waals surface area contributed by atoms with Crippen molar-refractivity contribution in [2.24, 2.45) is 11.0 Å². The Balaban J connectivity index is -0.000000117. The molecule has 1 aliphatic heterocycles. The molecule has 0 fully saturated rings. The van der Waals surface area contributed by atoms with Gasteiger partial charge in [0.15, 0.2) is 0 Å². The molecule has 76 valence electrons. The molecule has 1 heterocycles. The highest BCUT2D eigenvalue weighted by Crippen LogP contribution is 1.90. The summed E-state index contributed by atoms with van der Waals surface area (Å²) < 4.78 is 0. The van der Waals surface area contributed by atoms with Gasteiger partial charge in [0.1, 0.15) is 0 Å². The average molecular weight is 174 g/mol. The molecule has 0 aromatic carbocycles. The average Bonchev–Trinajstić information content (AvgIpc) is 2.66. The Bertz CT molecular complexity index is 70.2. The molecule has 0 bridgehead atoms. The van der Waals surface area contributed by atoms with E-state index in [9.17, 15) is 0 Å². The Hall–Kier alpha value is -0.530. The second-order valence-electron chi connectivity index (χ2n) is 1.62. The minimum absolute atomic E-state index is 0.644. The van der Waals surface area contributed by atoms with E-state index in [0.29, 0.717) is 5.92 Å². The maximum Gasteiger partial charge on any atom is 0.0405 e. The van der Waals surface area contributed by atoms with E-state index in [4.69, 9.17) is 0 Å². The molecule has 0 aliphatic carbocycles. The molecule has 0 spiro atoms. The second kappa shape index (κ2) is 22.4. The van der Waals surface area contributed by atoms with Gasteiger partial charge in [0.25, 0.3) is 0 Å². The van der Waals surface area contributed by atoms with Gasteiger partial charge >= 0.3 is 0 Å². The highest BCUT2D eigenvalue weighted by molar-refractivity contribution is 5.61. The first kappa shape index (κ1) is 17.5. The van der Waals surface area contributed by atoms with Crippen LogP contribution >= 0.6 is 0 Å². The fourth-order valence-corrected chi connectivity index (χ4v) is 0.429. The molecule has 1 unspecified atom stereocenters. The Morgan fingerprint density at radius 3 is 1.58 bits per heavy atom. The number of hydrogen-bond acceptors (Lipinski definition) is 2. The van der Waals surface area contributed by atoms with Crippen molar-refractivity contribution in [3.8, 4) is 0 Å². The van der Waals surface area contributed by atoms with Crippen LogP contribution in [0.3, 0.4) is 0 Å². The third-order valence-corrected chi connectivity index (χ3v) is 0.834. The van der Waals surface area contributed by atoms with E-state index in [1.165, 1.54) is 0 Å². The molecule has 2 heteroatoms.